The molecule has 1 aliphatic heterocycles. The lowest BCUT2D eigenvalue weighted by atomic mass is 9.92. The lowest BCUT2D eigenvalue weighted by molar-refractivity contribution is -0.000880. The molecule has 0 bridgehead atoms. The van der Waals surface area contributed by atoms with Crippen molar-refractivity contribution >= 4 is 22.0 Å². The number of amides is 1. The number of hydrogen-bond donors (Lipinski definition) is 0. The Morgan fingerprint density at radius 2 is 2.05 bits per heavy atom. The SMILES string of the molecule is Cc1cc(CC2CN(C(=O)OC(C)(C)C)C2)ccc1Br. The van der Waals surface area contributed by atoms with Crippen molar-refractivity contribution < 1.29 is 9.53 Å². The molecule has 0 aromatic heterocycles. The van der Waals surface area contributed by atoms with Gasteiger partial charge < -0.3 is 9.64 Å². The first-order chi connectivity index (χ1) is 9.24. The minimum absolute atomic E-state index is 0.194. The molecular formula is C16H22BrNO2. The van der Waals surface area contributed by atoms with E-state index in [1.807, 2.05) is 20.8 Å². The summed E-state index contributed by atoms with van der Waals surface area (Å²) >= 11 is 3.51. The first kappa shape index (κ1) is 15.4. The Labute approximate surface area is 129 Å². The number of carbonyl (C=O) groups excluding carboxylic acids is 1. The highest BCUT2D eigenvalue weighted by Crippen LogP contribution is 2.25. The van der Waals surface area contributed by atoms with Gasteiger partial charge in [-0.25, -0.2) is 4.79 Å². The summed E-state index contributed by atoms with van der Waals surface area (Å²) in [4.78, 5) is 13.6. The zero-order valence-corrected chi connectivity index (χ0v) is 14.2. The predicted octanol–water partition coefficient (Wildman–Crippen LogP) is 4.17. The van der Waals surface area contributed by atoms with Crippen molar-refractivity contribution in [1.82, 2.24) is 4.90 Å². The average Bonchev–Trinajstić information content (AvgIpc) is 2.25. The number of halogens is 1. The number of nitrogens with zero attached hydrogens (tertiary/aromatic N) is 1. The normalized spacial score (nSPS) is 15.9. The van der Waals surface area contributed by atoms with Gasteiger partial charge >= 0.3 is 6.09 Å². The highest BCUT2D eigenvalue weighted by molar-refractivity contribution is 9.10. The van der Waals surface area contributed by atoms with Gasteiger partial charge in [0.15, 0.2) is 0 Å². The fourth-order valence-electron chi connectivity index (χ4n) is 2.34. The second-order valence-corrected chi connectivity index (χ2v) is 7.39. The molecule has 1 saturated heterocycles. The number of ether oxygens (including phenoxy) is 1. The standard InChI is InChI=1S/C16H22BrNO2/c1-11-7-12(5-6-14(11)17)8-13-9-18(10-13)15(19)20-16(2,3)4/h5-7,13H,8-10H2,1-4H3. The summed E-state index contributed by atoms with van der Waals surface area (Å²) in [6.45, 7) is 9.38. The molecule has 20 heavy (non-hydrogen) atoms. The van der Waals surface area contributed by atoms with Crippen molar-refractivity contribution in [3.63, 3.8) is 0 Å². The lowest BCUT2D eigenvalue weighted by Gasteiger charge is -2.40. The van der Waals surface area contributed by atoms with E-state index in [-0.39, 0.29) is 6.09 Å². The molecular weight excluding hydrogens is 318 g/mol. The third kappa shape index (κ3) is 3.98. The molecule has 0 radical (unpaired) electrons. The van der Waals surface area contributed by atoms with Gasteiger partial charge in [-0.15, -0.1) is 0 Å². The van der Waals surface area contributed by atoms with Gasteiger partial charge in [0.25, 0.3) is 0 Å². The number of aryl methyl sites for hydroxylation is 1. The van der Waals surface area contributed by atoms with Crippen LogP contribution in [0.1, 0.15) is 31.9 Å². The summed E-state index contributed by atoms with van der Waals surface area (Å²) in [5.41, 5.74) is 2.18. The molecule has 0 atom stereocenters. The zero-order valence-electron chi connectivity index (χ0n) is 12.6. The van der Waals surface area contributed by atoms with Crippen molar-refractivity contribution in [2.45, 2.75) is 39.7 Å². The van der Waals surface area contributed by atoms with Crippen molar-refractivity contribution in [2.75, 3.05) is 13.1 Å². The van der Waals surface area contributed by atoms with E-state index in [9.17, 15) is 4.79 Å². The summed E-state index contributed by atoms with van der Waals surface area (Å²) in [6, 6.07) is 6.45. The topological polar surface area (TPSA) is 29.5 Å². The van der Waals surface area contributed by atoms with Crippen LogP contribution < -0.4 is 0 Å². The van der Waals surface area contributed by atoms with Gasteiger partial charge in [-0.05, 0) is 57.2 Å². The third-order valence-electron chi connectivity index (χ3n) is 3.36. The van der Waals surface area contributed by atoms with Gasteiger partial charge in [-0.2, -0.15) is 0 Å². The van der Waals surface area contributed by atoms with Crippen LogP contribution in [0.2, 0.25) is 0 Å². The quantitative estimate of drug-likeness (QED) is 0.809. The highest BCUT2D eigenvalue weighted by Gasteiger charge is 2.33. The Balaban J connectivity index is 1.82. The predicted molar refractivity (Wildman–Crippen MR) is 83.9 cm³/mol. The largest absolute Gasteiger partial charge is 0.444 e. The minimum Gasteiger partial charge on any atom is -0.444 e. The Morgan fingerprint density at radius 3 is 2.60 bits per heavy atom. The molecule has 2 rings (SSSR count). The Bertz CT molecular complexity index is 502. The highest BCUT2D eigenvalue weighted by atomic mass is 79.9. The molecule has 110 valence electrons. The molecule has 1 aliphatic rings. The maximum absolute atomic E-state index is 11.8. The lowest BCUT2D eigenvalue weighted by Crippen LogP contribution is -2.52. The fraction of sp³-hybridized carbons (Fsp3) is 0.562. The van der Waals surface area contributed by atoms with E-state index in [0.29, 0.717) is 5.92 Å². The third-order valence-corrected chi connectivity index (χ3v) is 4.25. The fourth-order valence-corrected chi connectivity index (χ4v) is 2.59. The van der Waals surface area contributed by atoms with Crippen LogP contribution in [0.25, 0.3) is 0 Å². The maximum Gasteiger partial charge on any atom is 0.410 e. The molecule has 1 aromatic rings. The van der Waals surface area contributed by atoms with Crippen LogP contribution in [0.4, 0.5) is 4.79 Å². The maximum atomic E-state index is 11.8. The van der Waals surface area contributed by atoms with Crippen molar-refractivity contribution in [2.24, 2.45) is 5.92 Å². The Morgan fingerprint density at radius 1 is 1.40 bits per heavy atom. The number of hydrogen-bond acceptors (Lipinski definition) is 2. The van der Waals surface area contributed by atoms with Crippen LogP contribution in [0, 0.1) is 12.8 Å². The van der Waals surface area contributed by atoms with E-state index in [4.69, 9.17) is 4.74 Å². The van der Waals surface area contributed by atoms with Crippen LogP contribution in [-0.4, -0.2) is 29.7 Å². The molecule has 3 nitrogen and oxygen atoms in total. The van der Waals surface area contributed by atoms with E-state index in [1.165, 1.54) is 11.1 Å². The van der Waals surface area contributed by atoms with Crippen LogP contribution in [0.3, 0.4) is 0 Å². The monoisotopic (exact) mass is 339 g/mol. The second-order valence-electron chi connectivity index (χ2n) is 6.54. The van der Waals surface area contributed by atoms with Crippen LogP contribution in [-0.2, 0) is 11.2 Å². The van der Waals surface area contributed by atoms with Crippen molar-refractivity contribution in [1.29, 1.82) is 0 Å². The number of rotatable bonds is 2. The molecule has 4 heteroatoms. The smallest absolute Gasteiger partial charge is 0.410 e. The molecule has 0 unspecified atom stereocenters. The molecule has 1 fully saturated rings. The van der Waals surface area contributed by atoms with E-state index in [2.05, 4.69) is 41.1 Å². The first-order valence-corrected chi connectivity index (χ1v) is 7.77. The Kier molecular flexibility index (Phi) is 4.43. The number of carbonyl (C=O) groups is 1. The molecule has 0 N–H and O–H groups in total. The average molecular weight is 340 g/mol. The van der Waals surface area contributed by atoms with Gasteiger partial charge in [0, 0.05) is 17.6 Å². The molecule has 1 amide bonds. The van der Waals surface area contributed by atoms with Crippen LogP contribution in [0.5, 0.6) is 0 Å². The van der Waals surface area contributed by atoms with E-state index >= 15 is 0 Å². The summed E-state index contributed by atoms with van der Waals surface area (Å²) < 4.78 is 6.50. The first-order valence-electron chi connectivity index (χ1n) is 6.97. The number of benzene rings is 1. The van der Waals surface area contributed by atoms with Gasteiger partial charge in [-0.1, -0.05) is 28.1 Å². The second kappa shape index (κ2) is 5.76. The molecule has 0 spiro atoms. The van der Waals surface area contributed by atoms with Gasteiger partial charge in [0.1, 0.15) is 5.60 Å². The minimum atomic E-state index is -0.412. The van der Waals surface area contributed by atoms with Crippen LogP contribution >= 0.6 is 15.9 Å². The summed E-state index contributed by atoms with van der Waals surface area (Å²) in [6.07, 6.45) is 0.827. The van der Waals surface area contributed by atoms with E-state index in [1.54, 1.807) is 4.90 Å². The zero-order chi connectivity index (χ0) is 14.9. The summed E-state index contributed by atoms with van der Waals surface area (Å²) in [5.74, 6) is 0.545. The van der Waals surface area contributed by atoms with Crippen molar-refractivity contribution in [3.05, 3.63) is 33.8 Å². The molecule has 1 aromatic carbocycles. The van der Waals surface area contributed by atoms with Gasteiger partial charge in [0.05, 0.1) is 0 Å². The van der Waals surface area contributed by atoms with Crippen molar-refractivity contribution in [3.8, 4) is 0 Å². The number of likely N-dealkylation sites (tertiary alicyclic amines) is 1. The van der Waals surface area contributed by atoms with E-state index < -0.39 is 5.60 Å². The van der Waals surface area contributed by atoms with E-state index in [0.717, 1.165) is 24.0 Å². The Hall–Kier alpha value is -1.03. The van der Waals surface area contributed by atoms with Crippen LogP contribution in [0.15, 0.2) is 22.7 Å². The molecule has 1 heterocycles. The molecule has 0 saturated carbocycles. The van der Waals surface area contributed by atoms with Gasteiger partial charge in [-0.3, -0.25) is 0 Å². The summed E-state index contributed by atoms with van der Waals surface area (Å²) in [5, 5.41) is 0. The molecule has 0 aliphatic carbocycles. The summed E-state index contributed by atoms with van der Waals surface area (Å²) in [7, 11) is 0. The van der Waals surface area contributed by atoms with Gasteiger partial charge in [0.2, 0.25) is 0 Å².